The second-order valence-corrected chi connectivity index (χ2v) is 9.97. The summed E-state index contributed by atoms with van der Waals surface area (Å²) in [5, 5.41) is 28.0. The first kappa shape index (κ1) is 21.7. The molecule has 0 unspecified atom stereocenters. The predicted molar refractivity (Wildman–Crippen MR) is 138 cm³/mol. The van der Waals surface area contributed by atoms with E-state index in [0.717, 1.165) is 34.0 Å². The lowest BCUT2D eigenvalue weighted by Gasteiger charge is -2.16. The Morgan fingerprint density at radius 3 is 2.37 bits per heavy atom. The van der Waals surface area contributed by atoms with E-state index in [9.17, 15) is 10.2 Å². The van der Waals surface area contributed by atoms with Gasteiger partial charge in [-0.05, 0) is 37.1 Å². The molecule has 5 aromatic rings. The molecule has 176 valence electrons. The molecule has 1 aliphatic rings. The number of pyridine rings is 2. The number of rotatable bonds is 3. The summed E-state index contributed by atoms with van der Waals surface area (Å²) in [6.07, 6.45) is 5.96. The van der Waals surface area contributed by atoms with Crippen molar-refractivity contribution >= 4 is 33.1 Å². The van der Waals surface area contributed by atoms with E-state index < -0.39 is 0 Å². The zero-order valence-electron chi connectivity index (χ0n) is 19.3. The summed E-state index contributed by atoms with van der Waals surface area (Å²) in [6.45, 7) is 0. The lowest BCUT2D eigenvalue weighted by molar-refractivity contribution is 0.434. The van der Waals surface area contributed by atoms with Crippen molar-refractivity contribution in [3.05, 3.63) is 59.4 Å². The first-order valence-electron chi connectivity index (χ1n) is 11.9. The Morgan fingerprint density at radius 1 is 0.886 bits per heavy atom. The van der Waals surface area contributed by atoms with Gasteiger partial charge in [-0.3, -0.25) is 4.99 Å². The SMILES string of the molecule is Cn1nc(-c2nc3c(O)cccc3cc2-c2ccc3cccc(O)c3n2)sc1=NC1CCCCC1. The molecule has 6 rings (SSSR count). The third kappa shape index (κ3) is 4.04. The standard InChI is InChI=1S/C27H25N5O2S/c1-32-27(28-18-9-3-2-4-10-18)35-26(31-32)25-19(15-17-8-6-12-22(34)24(17)30-25)20-14-13-16-7-5-11-21(33)23(16)29-20/h5-8,11-15,18,33-34H,2-4,9-10H2,1H3. The van der Waals surface area contributed by atoms with Gasteiger partial charge in [-0.1, -0.05) is 60.9 Å². The molecule has 3 heterocycles. The van der Waals surface area contributed by atoms with Crippen LogP contribution in [0.5, 0.6) is 11.5 Å². The first-order valence-corrected chi connectivity index (χ1v) is 12.7. The number of nitrogens with zero attached hydrogens (tertiary/aromatic N) is 5. The van der Waals surface area contributed by atoms with Crippen molar-refractivity contribution in [2.24, 2.45) is 12.0 Å². The fraction of sp³-hybridized carbons (Fsp3) is 0.259. The number of hydrogen-bond donors (Lipinski definition) is 2. The number of phenolic OH excluding ortho intramolecular Hbond substituents is 2. The Labute approximate surface area is 206 Å². The smallest absolute Gasteiger partial charge is 0.203 e. The van der Waals surface area contributed by atoms with Crippen molar-refractivity contribution in [3.63, 3.8) is 0 Å². The van der Waals surface area contributed by atoms with Crippen LogP contribution in [0.15, 0.2) is 59.6 Å². The fourth-order valence-corrected chi connectivity index (χ4v) is 5.71. The van der Waals surface area contributed by atoms with Crippen molar-refractivity contribution in [1.82, 2.24) is 19.7 Å². The largest absolute Gasteiger partial charge is 0.506 e. The van der Waals surface area contributed by atoms with Gasteiger partial charge in [-0.25, -0.2) is 14.6 Å². The topological polar surface area (TPSA) is 96.4 Å². The van der Waals surface area contributed by atoms with Crippen LogP contribution >= 0.6 is 11.3 Å². The highest BCUT2D eigenvalue weighted by Gasteiger charge is 2.19. The molecule has 1 fully saturated rings. The summed E-state index contributed by atoms with van der Waals surface area (Å²) in [5.74, 6) is 0.249. The minimum absolute atomic E-state index is 0.118. The predicted octanol–water partition coefficient (Wildman–Crippen LogP) is 5.56. The summed E-state index contributed by atoms with van der Waals surface area (Å²) in [6, 6.07) is 16.9. The Bertz CT molecular complexity index is 1630. The molecule has 1 aliphatic carbocycles. The zero-order chi connectivity index (χ0) is 23.9. The number of phenols is 2. The molecule has 2 aromatic carbocycles. The van der Waals surface area contributed by atoms with Crippen LogP contribution in [-0.4, -0.2) is 36.0 Å². The summed E-state index contributed by atoms with van der Waals surface area (Å²) < 4.78 is 1.81. The summed E-state index contributed by atoms with van der Waals surface area (Å²) in [4.78, 5) is 15.5. The fourth-order valence-electron chi connectivity index (χ4n) is 4.75. The lowest BCUT2D eigenvalue weighted by atomic mass is 9.96. The second-order valence-electron chi connectivity index (χ2n) is 9.01. The molecular weight excluding hydrogens is 458 g/mol. The van der Waals surface area contributed by atoms with E-state index in [1.165, 1.54) is 30.6 Å². The molecule has 0 spiro atoms. The first-order chi connectivity index (χ1) is 17.1. The molecule has 0 bridgehead atoms. The maximum atomic E-state index is 10.5. The minimum atomic E-state index is 0.118. The third-order valence-electron chi connectivity index (χ3n) is 6.58. The average molecular weight is 484 g/mol. The van der Waals surface area contributed by atoms with Crippen LogP contribution in [0.2, 0.25) is 0 Å². The molecule has 0 radical (unpaired) electrons. The van der Waals surface area contributed by atoms with Crippen molar-refractivity contribution < 1.29 is 10.2 Å². The summed E-state index contributed by atoms with van der Waals surface area (Å²) in [5.41, 5.74) is 3.14. The van der Waals surface area contributed by atoms with Crippen molar-refractivity contribution in [2.75, 3.05) is 0 Å². The van der Waals surface area contributed by atoms with Crippen LogP contribution in [0, 0.1) is 0 Å². The molecular formula is C27H25N5O2S. The van der Waals surface area contributed by atoms with Crippen LogP contribution < -0.4 is 4.80 Å². The van der Waals surface area contributed by atoms with Gasteiger partial charge in [0.2, 0.25) is 4.80 Å². The zero-order valence-corrected chi connectivity index (χ0v) is 20.2. The molecule has 3 aromatic heterocycles. The van der Waals surface area contributed by atoms with Gasteiger partial charge in [0, 0.05) is 23.4 Å². The van der Waals surface area contributed by atoms with Crippen LogP contribution in [0.1, 0.15) is 32.1 Å². The van der Waals surface area contributed by atoms with E-state index in [4.69, 9.17) is 20.1 Å². The number of para-hydroxylation sites is 2. The van der Waals surface area contributed by atoms with Gasteiger partial charge in [-0.15, -0.1) is 0 Å². The molecule has 0 atom stereocenters. The number of fused-ring (bicyclic) bond motifs is 2. The summed E-state index contributed by atoms with van der Waals surface area (Å²) in [7, 11) is 1.91. The quantitative estimate of drug-likeness (QED) is 0.350. The van der Waals surface area contributed by atoms with Crippen molar-refractivity contribution in [3.8, 4) is 33.5 Å². The van der Waals surface area contributed by atoms with E-state index in [1.807, 2.05) is 42.1 Å². The number of aromatic hydroxyl groups is 2. The number of benzene rings is 2. The number of aromatic nitrogens is 4. The Balaban J connectivity index is 1.56. The summed E-state index contributed by atoms with van der Waals surface area (Å²) >= 11 is 1.50. The van der Waals surface area contributed by atoms with E-state index >= 15 is 0 Å². The van der Waals surface area contributed by atoms with Gasteiger partial charge in [-0.2, -0.15) is 5.10 Å². The second kappa shape index (κ2) is 8.78. The van der Waals surface area contributed by atoms with Gasteiger partial charge in [0.25, 0.3) is 0 Å². The van der Waals surface area contributed by atoms with E-state index in [1.54, 1.807) is 24.3 Å². The van der Waals surface area contributed by atoms with Crippen LogP contribution in [0.3, 0.4) is 0 Å². The molecule has 0 amide bonds. The highest BCUT2D eigenvalue weighted by atomic mass is 32.1. The van der Waals surface area contributed by atoms with E-state index in [0.29, 0.717) is 33.5 Å². The number of hydrogen-bond acceptors (Lipinski definition) is 7. The molecule has 0 saturated heterocycles. The molecule has 35 heavy (non-hydrogen) atoms. The molecule has 0 aliphatic heterocycles. The van der Waals surface area contributed by atoms with Gasteiger partial charge < -0.3 is 10.2 Å². The highest BCUT2D eigenvalue weighted by Crippen LogP contribution is 2.36. The molecule has 2 N–H and O–H groups in total. The highest BCUT2D eigenvalue weighted by molar-refractivity contribution is 7.12. The van der Waals surface area contributed by atoms with E-state index in [-0.39, 0.29) is 11.5 Å². The van der Waals surface area contributed by atoms with Crippen LogP contribution in [0.25, 0.3) is 43.8 Å². The number of aryl methyl sites for hydroxylation is 1. The maximum Gasteiger partial charge on any atom is 0.203 e. The monoisotopic (exact) mass is 483 g/mol. The van der Waals surface area contributed by atoms with Crippen LogP contribution in [-0.2, 0) is 7.05 Å². The molecule has 7 nitrogen and oxygen atoms in total. The normalized spacial score (nSPS) is 15.3. The Hall–Kier alpha value is -3.78. The van der Waals surface area contributed by atoms with Gasteiger partial charge >= 0.3 is 0 Å². The van der Waals surface area contributed by atoms with Gasteiger partial charge in [0.05, 0.1) is 11.7 Å². The molecule has 8 heteroatoms. The third-order valence-corrected chi connectivity index (χ3v) is 7.60. The van der Waals surface area contributed by atoms with Crippen molar-refractivity contribution in [2.45, 2.75) is 38.1 Å². The van der Waals surface area contributed by atoms with Crippen LogP contribution in [0.4, 0.5) is 0 Å². The Morgan fingerprint density at radius 2 is 1.60 bits per heavy atom. The lowest BCUT2D eigenvalue weighted by Crippen LogP contribution is -2.18. The van der Waals surface area contributed by atoms with Gasteiger partial charge in [0.15, 0.2) is 5.01 Å². The van der Waals surface area contributed by atoms with Crippen molar-refractivity contribution in [1.29, 1.82) is 0 Å². The minimum Gasteiger partial charge on any atom is -0.506 e. The maximum absolute atomic E-state index is 10.5. The van der Waals surface area contributed by atoms with E-state index in [2.05, 4.69) is 0 Å². The Kier molecular flexibility index (Phi) is 5.45. The van der Waals surface area contributed by atoms with Gasteiger partial charge in [0.1, 0.15) is 28.2 Å². The molecule has 1 saturated carbocycles. The average Bonchev–Trinajstić information content (AvgIpc) is 3.24.